The molecule has 7 heteroatoms. The number of thioether (sulfide) groups is 1. The number of nitrogens with one attached hydrogen (secondary N) is 2. The van der Waals surface area contributed by atoms with Crippen molar-refractivity contribution in [1.29, 1.82) is 0 Å². The Bertz CT molecular complexity index is 541. The number of amides is 1. The number of carbonyl (C=O) groups excluding carboxylic acids is 1. The second kappa shape index (κ2) is 8.19. The summed E-state index contributed by atoms with van der Waals surface area (Å²) in [5.41, 5.74) is 1.03. The number of aliphatic hydroxyl groups excluding tert-OH is 1. The molecular formula is C14H23N3O3S. The maximum atomic E-state index is 11.9. The number of H-pyrrole nitrogens is 1. The molecule has 0 aromatic carbocycles. The zero-order chi connectivity index (χ0) is 16.0. The fourth-order valence-corrected chi connectivity index (χ4v) is 2.77. The van der Waals surface area contributed by atoms with Gasteiger partial charge in [0.1, 0.15) is 5.82 Å². The van der Waals surface area contributed by atoms with Crippen LogP contribution in [0, 0.1) is 13.8 Å². The van der Waals surface area contributed by atoms with Gasteiger partial charge in [-0.3, -0.25) is 9.59 Å². The van der Waals surface area contributed by atoms with E-state index in [1.807, 2.05) is 13.2 Å². The largest absolute Gasteiger partial charge is 0.395 e. The molecule has 1 rings (SSSR count). The Morgan fingerprint density at radius 2 is 2.14 bits per heavy atom. The summed E-state index contributed by atoms with van der Waals surface area (Å²) in [6.45, 7) is 5.38. The van der Waals surface area contributed by atoms with Crippen molar-refractivity contribution in [3.8, 4) is 0 Å². The molecule has 1 heterocycles. The highest BCUT2D eigenvalue weighted by molar-refractivity contribution is 7.99. The van der Waals surface area contributed by atoms with E-state index in [1.165, 1.54) is 11.8 Å². The molecule has 1 aromatic heterocycles. The summed E-state index contributed by atoms with van der Waals surface area (Å²) >= 11 is 1.51. The molecule has 0 radical (unpaired) electrons. The van der Waals surface area contributed by atoms with Crippen LogP contribution in [0.5, 0.6) is 0 Å². The van der Waals surface area contributed by atoms with Crippen LogP contribution >= 0.6 is 11.8 Å². The van der Waals surface area contributed by atoms with Crippen molar-refractivity contribution in [2.45, 2.75) is 44.9 Å². The molecular weight excluding hydrogens is 290 g/mol. The number of carbonyl (C=O) groups is 1. The lowest BCUT2D eigenvalue weighted by molar-refractivity contribution is -0.121. The zero-order valence-corrected chi connectivity index (χ0v) is 13.7. The summed E-state index contributed by atoms with van der Waals surface area (Å²) in [4.78, 5) is 30.6. The van der Waals surface area contributed by atoms with E-state index in [2.05, 4.69) is 15.3 Å². The molecule has 0 aliphatic heterocycles. The number of nitrogens with zero attached hydrogens (tertiary/aromatic N) is 1. The van der Waals surface area contributed by atoms with Crippen molar-refractivity contribution in [2.24, 2.45) is 0 Å². The molecule has 118 valence electrons. The molecule has 2 atom stereocenters. The minimum absolute atomic E-state index is 0.0171. The van der Waals surface area contributed by atoms with Crippen LogP contribution in [0.2, 0.25) is 0 Å². The Morgan fingerprint density at radius 3 is 2.67 bits per heavy atom. The lowest BCUT2D eigenvalue weighted by Crippen LogP contribution is -2.41. The third kappa shape index (κ3) is 5.17. The lowest BCUT2D eigenvalue weighted by atomic mass is 10.1. The maximum absolute atomic E-state index is 11.9. The molecule has 1 amide bonds. The predicted molar refractivity (Wildman–Crippen MR) is 84.6 cm³/mol. The summed E-state index contributed by atoms with van der Waals surface area (Å²) in [5, 5.41) is 12.0. The van der Waals surface area contributed by atoms with E-state index >= 15 is 0 Å². The normalized spacial score (nSPS) is 13.8. The van der Waals surface area contributed by atoms with E-state index in [0.717, 1.165) is 0 Å². The predicted octanol–water partition coefficient (Wildman–Crippen LogP) is 0.548. The Balaban J connectivity index is 2.60. The highest BCUT2D eigenvalue weighted by atomic mass is 32.2. The van der Waals surface area contributed by atoms with Crippen molar-refractivity contribution >= 4 is 17.7 Å². The van der Waals surface area contributed by atoms with Crippen LogP contribution in [0.3, 0.4) is 0 Å². The topological polar surface area (TPSA) is 95.1 Å². The van der Waals surface area contributed by atoms with E-state index in [9.17, 15) is 14.7 Å². The van der Waals surface area contributed by atoms with Gasteiger partial charge in [0.15, 0.2) is 0 Å². The Morgan fingerprint density at radius 1 is 1.48 bits per heavy atom. The van der Waals surface area contributed by atoms with Crippen LogP contribution in [0.15, 0.2) is 4.79 Å². The van der Waals surface area contributed by atoms with E-state index in [1.54, 1.807) is 13.8 Å². The molecule has 0 aliphatic rings. The molecule has 6 nitrogen and oxygen atoms in total. The van der Waals surface area contributed by atoms with Crippen LogP contribution in [-0.2, 0) is 11.2 Å². The second-order valence-electron chi connectivity index (χ2n) is 5.03. The number of aryl methyl sites for hydroxylation is 2. The molecule has 0 aliphatic carbocycles. The van der Waals surface area contributed by atoms with Gasteiger partial charge < -0.3 is 15.4 Å². The molecule has 0 bridgehead atoms. The van der Waals surface area contributed by atoms with Gasteiger partial charge in [-0.1, -0.05) is 0 Å². The fraction of sp³-hybridized carbons (Fsp3) is 0.643. The SMILES string of the molecule is CSC(CO)C(C)NC(=O)CCc1c(C)nc(C)[nH]c1=O. The van der Waals surface area contributed by atoms with Gasteiger partial charge in [-0.2, -0.15) is 11.8 Å². The first-order chi connectivity index (χ1) is 9.88. The van der Waals surface area contributed by atoms with Crippen molar-refractivity contribution in [2.75, 3.05) is 12.9 Å². The van der Waals surface area contributed by atoms with Crippen LogP contribution in [0.4, 0.5) is 0 Å². The Kier molecular flexibility index (Phi) is 6.91. The minimum atomic E-state index is -0.182. The fourth-order valence-electron chi connectivity index (χ4n) is 2.14. The van der Waals surface area contributed by atoms with Gasteiger partial charge >= 0.3 is 0 Å². The maximum Gasteiger partial charge on any atom is 0.254 e. The molecule has 2 unspecified atom stereocenters. The number of aromatic amines is 1. The van der Waals surface area contributed by atoms with Gasteiger partial charge in [0.2, 0.25) is 5.91 Å². The molecule has 3 N–H and O–H groups in total. The smallest absolute Gasteiger partial charge is 0.254 e. The molecule has 0 saturated carbocycles. The molecule has 21 heavy (non-hydrogen) atoms. The highest BCUT2D eigenvalue weighted by Crippen LogP contribution is 2.10. The summed E-state index contributed by atoms with van der Waals surface area (Å²) in [6.07, 6.45) is 2.48. The van der Waals surface area contributed by atoms with Gasteiger partial charge in [-0.25, -0.2) is 4.98 Å². The molecule has 0 spiro atoms. The van der Waals surface area contributed by atoms with Gasteiger partial charge in [0.05, 0.1) is 6.61 Å². The van der Waals surface area contributed by atoms with Crippen molar-refractivity contribution < 1.29 is 9.90 Å². The van der Waals surface area contributed by atoms with Crippen LogP contribution in [0.25, 0.3) is 0 Å². The van der Waals surface area contributed by atoms with E-state index in [4.69, 9.17) is 0 Å². The summed E-state index contributed by atoms with van der Waals surface area (Å²) in [7, 11) is 0. The lowest BCUT2D eigenvalue weighted by Gasteiger charge is -2.21. The third-order valence-corrected chi connectivity index (χ3v) is 4.53. The number of hydrogen-bond donors (Lipinski definition) is 3. The first kappa shape index (κ1) is 17.7. The Labute approximate surface area is 128 Å². The van der Waals surface area contributed by atoms with Gasteiger partial charge in [0, 0.05) is 29.0 Å². The van der Waals surface area contributed by atoms with Gasteiger partial charge in [0.25, 0.3) is 5.56 Å². The zero-order valence-electron chi connectivity index (χ0n) is 12.9. The van der Waals surface area contributed by atoms with E-state index in [0.29, 0.717) is 23.5 Å². The average Bonchev–Trinajstić information content (AvgIpc) is 2.38. The first-order valence-corrected chi connectivity index (χ1v) is 8.17. The number of aromatic nitrogens is 2. The van der Waals surface area contributed by atoms with Crippen molar-refractivity contribution in [3.05, 3.63) is 27.4 Å². The van der Waals surface area contributed by atoms with E-state index < -0.39 is 0 Å². The molecule has 0 fully saturated rings. The minimum Gasteiger partial charge on any atom is -0.395 e. The standard InChI is InChI=1S/C14H23N3O3S/c1-8-11(14(20)17-10(3)15-8)5-6-13(19)16-9(2)12(7-18)21-4/h9,12,18H,5-7H2,1-4H3,(H,16,19)(H,15,17,20). The molecule has 1 aromatic rings. The first-order valence-electron chi connectivity index (χ1n) is 6.88. The number of rotatable bonds is 7. The second-order valence-corrected chi connectivity index (χ2v) is 6.11. The number of hydrogen-bond acceptors (Lipinski definition) is 5. The van der Waals surface area contributed by atoms with Gasteiger partial charge in [-0.15, -0.1) is 0 Å². The summed E-state index contributed by atoms with van der Waals surface area (Å²) in [5.74, 6) is 0.444. The van der Waals surface area contributed by atoms with Crippen LogP contribution < -0.4 is 10.9 Å². The Hall–Kier alpha value is -1.34. The van der Waals surface area contributed by atoms with Crippen molar-refractivity contribution in [3.63, 3.8) is 0 Å². The quantitative estimate of drug-likeness (QED) is 0.683. The highest BCUT2D eigenvalue weighted by Gasteiger charge is 2.17. The number of aliphatic hydroxyl groups is 1. The van der Waals surface area contributed by atoms with Crippen LogP contribution in [-0.4, -0.2) is 45.1 Å². The molecule has 0 saturated heterocycles. The monoisotopic (exact) mass is 313 g/mol. The van der Waals surface area contributed by atoms with E-state index in [-0.39, 0.29) is 35.8 Å². The third-order valence-electron chi connectivity index (χ3n) is 3.37. The summed E-state index contributed by atoms with van der Waals surface area (Å²) < 4.78 is 0. The van der Waals surface area contributed by atoms with Crippen LogP contribution in [0.1, 0.15) is 30.4 Å². The van der Waals surface area contributed by atoms with Crippen molar-refractivity contribution in [1.82, 2.24) is 15.3 Å². The average molecular weight is 313 g/mol. The van der Waals surface area contributed by atoms with Gasteiger partial charge in [-0.05, 0) is 33.4 Å². The summed E-state index contributed by atoms with van der Waals surface area (Å²) in [6, 6.07) is -0.118.